The van der Waals surface area contributed by atoms with Crippen LogP contribution >= 0.6 is 0 Å². The second-order valence-corrected chi connectivity index (χ2v) is 4.19. The van der Waals surface area contributed by atoms with Crippen LogP contribution in [0.3, 0.4) is 0 Å². The first-order chi connectivity index (χ1) is 8.20. The Morgan fingerprint density at radius 3 is 2.00 bits per heavy atom. The highest BCUT2D eigenvalue weighted by molar-refractivity contribution is 5.92. The number of esters is 2. The maximum absolute atomic E-state index is 10.0. The largest absolute Gasteiger partial charge is 0.393 e. The van der Waals surface area contributed by atoms with E-state index in [1.54, 1.807) is 0 Å². The first-order valence-electron chi connectivity index (χ1n) is 6.55. The number of ether oxygens (including phenoxy) is 1. The van der Waals surface area contributed by atoms with Crippen molar-refractivity contribution in [3.8, 4) is 0 Å². The van der Waals surface area contributed by atoms with Gasteiger partial charge in [-0.05, 0) is 12.8 Å². The summed E-state index contributed by atoms with van der Waals surface area (Å²) in [5, 5.41) is 0. The molecule has 0 unspecified atom stereocenters. The van der Waals surface area contributed by atoms with Gasteiger partial charge in [-0.1, -0.05) is 45.1 Å². The number of carbonyl (C=O) groups excluding carboxylic acids is 2. The fraction of sp³-hybridized carbons (Fsp3) is 0.714. The van der Waals surface area contributed by atoms with Gasteiger partial charge in [-0.15, -0.1) is 6.58 Å². The number of rotatable bonds is 7. The molecule has 1 saturated heterocycles. The zero-order chi connectivity index (χ0) is 12.9. The minimum absolute atomic E-state index is 0.263. The second-order valence-electron chi connectivity index (χ2n) is 4.19. The fourth-order valence-corrected chi connectivity index (χ4v) is 1.50. The van der Waals surface area contributed by atoms with Crippen LogP contribution in [-0.4, -0.2) is 11.9 Å². The van der Waals surface area contributed by atoms with E-state index in [1.165, 1.54) is 44.9 Å². The third-order valence-corrected chi connectivity index (χ3v) is 2.52. The van der Waals surface area contributed by atoms with E-state index >= 15 is 0 Å². The second kappa shape index (κ2) is 11.4. The molecule has 0 aromatic carbocycles. The summed E-state index contributed by atoms with van der Waals surface area (Å²) >= 11 is 0. The Hall–Kier alpha value is -1.12. The quantitative estimate of drug-likeness (QED) is 0.294. The van der Waals surface area contributed by atoms with Gasteiger partial charge in [-0.25, -0.2) is 0 Å². The molecular formula is C14H24O3. The summed E-state index contributed by atoms with van der Waals surface area (Å²) in [6, 6.07) is 0. The first-order valence-corrected chi connectivity index (χ1v) is 6.55. The summed E-state index contributed by atoms with van der Waals surface area (Å²) in [6.45, 7) is 5.95. The Labute approximate surface area is 104 Å². The van der Waals surface area contributed by atoms with Gasteiger partial charge in [0.15, 0.2) is 0 Å². The SMILES string of the molecule is C=CCCCCCCCC.O=C1CCC(=O)O1. The molecule has 0 aromatic heterocycles. The molecular weight excluding hydrogens is 216 g/mol. The molecule has 98 valence electrons. The molecule has 0 N–H and O–H groups in total. The van der Waals surface area contributed by atoms with Gasteiger partial charge in [0, 0.05) is 0 Å². The summed E-state index contributed by atoms with van der Waals surface area (Å²) in [4.78, 5) is 20.0. The molecule has 17 heavy (non-hydrogen) atoms. The van der Waals surface area contributed by atoms with Crippen molar-refractivity contribution >= 4 is 11.9 Å². The summed E-state index contributed by atoms with van der Waals surface area (Å²) in [7, 11) is 0. The minimum Gasteiger partial charge on any atom is -0.393 e. The van der Waals surface area contributed by atoms with E-state index in [1.807, 2.05) is 6.08 Å². The number of allylic oxidation sites excluding steroid dienone is 1. The molecule has 0 bridgehead atoms. The van der Waals surface area contributed by atoms with Gasteiger partial charge in [0.05, 0.1) is 12.8 Å². The van der Waals surface area contributed by atoms with Crippen molar-refractivity contribution in [3.63, 3.8) is 0 Å². The van der Waals surface area contributed by atoms with Crippen molar-refractivity contribution in [1.29, 1.82) is 0 Å². The number of hydrogen-bond donors (Lipinski definition) is 0. The number of cyclic esters (lactones) is 2. The third-order valence-electron chi connectivity index (χ3n) is 2.52. The van der Waals surface area contributed by atoms with E-state index in [0.29, 0.717) is 0 Å². The Balaban J connectivity index is 0.000000318. The van der Waals surface area contributed by atoms with Crippen LogP contribution in [0, 0.1) is 0 Å². The maximum atomic E-state index is 10.0. The fourth-order valence-electron chi connectivity index (χ4n) is 1.50. The van der Waals surface area contributed by atoms with Crippen LogP contribution in [0.4, 0.5) is 0 Å². The van der Waals surface area contributed by atoms with Gasteiger partial charge in [0.2, 0.25) is 0 Å². The Bertz CT molecular complexity index is 220. The van der Waals surface area contributed by atoms with Crippen LogP contribution in [0.2, 0.25) is 0 Å². The number of hydrogen-bond acceptors (Lipinski definition) is 3. The smallest absolute Gasteiger partial charge is 0.314 e. The van der Waals surface area contributed by atoms with Crippen LogP contribution in [0.15, 0.2) is 12.7 Å². The Kier molecular flexibility index (Phi) is 10.6. The predicted molar refractivity (Wildman–Crippen MR) is 68.5 cm³/mol. The lowest BCUT2D eigenvalue weighted by atomic mass is 10.1. The summed E-state index contributed by atoms with van der Waals surface area (Å²) in [5.74, 6) is -0.796. The number of unbranched alkanes of at least 4 members (excludes halogenated alkanes) is 6. The van der Waals surface area contributed by atoms with Gasteiger partial charge in [0.25, 0.3) is 0 Å². The van der Waals surface area contributed by atoms with Crippen molar-refractivity contribution in [2.24, 2.45) is 0 Å². The van der Waals surface area contributed by atoms with E-state index in [4.69, 9.17) is 0 Å². The minimum atomic E-state index is -0.398. The van der Waals surface area contributed by atoms with Gasteiger partial charge in [0.1, 0.15) is 0 Å². The highest BCUT2D eigenvalue weighted by Gasteiger charge is 2.19. The molecule has 0 spiro atoms. The summed E-state index contributed by atoms with van der Waals surface area (Å²) < 4.78 is 4.08. The van der Waals surface area contributed by atoms with Crippen LogP contribution in [-0.2, 0) is 14.3 Å². The van der Waals surface area contributed by atoms with Crippen LogP contribution < -0.4 is 0 Å². The van der Waals surface area contributed by atoms with Gasteiger partial charge < -0.3 is 4.74 Å². The first kappa shape index (κ1) is 15.9. The zero-order valence-corrected chi connectivity index (χ0v) is 10.9. The monoisotopic (exact) mass is 240 g/mol. The number of carbonyl (C=O) groups is 2. The van der Waals surface area contributed by atoms with Crippen LogP contribution in [0.25, 0.3) is 0 Å². The van der Waals surface area contributed by atoms with Crippen molar-refractivity contribution in [2.75, 3.05) is 0 Å². The Morgan fingerprint density at radius 1 is 1.06 bits per heavy atom. The lowest BCUT2D eigenvalue weighted by Gasteiger charge is -1.96. The Morgan fingerprint density at radius 2 is 1.59 bits per heavy atom. The highest BCUT2D eigenvalue weighted by atomic mass is 16.6. The molecule has 0 atom stereocenters. The van der Waals surface area contributed by atoms with E-state index in [2.05, 4.69) is 18.2 Å². The van der Waals surface area contributed by atoms with Crippen molar-refractivity contribution in [2.45, 2.75) is 64.7 Å². The lowest BCUT2D eigenvalue weighted by Crippen LogP contribution is -1.94. The molecule has 0 aromatic rings. The van der Waals surface area contributed by atoms with Gasteiger partial charge >= 0.3 is 11.9 Å². The summed E-state index contributed by atoms with van der Waals surface area (Å²) in [6.07, 6.45) is 12.1. The third kappa shape index (κ3) is 11.1. The molecule has 3 nitrogen and oxygen atoms in total. The lowest BCUT2D eigenvalue weighted by molar-refractivity contribution is -0.151. The molecule has 0 amide bonds. The van der Waals surface area contributed by atoms with Crippen LogP contribution in [0.5, 0.6) is 0 Å². The molecule has 0 saturated carbocycles. The van der Waals surface area contributed by atoms with Crippen molar-refractivity contribution in [3.05, 3.63) is 12.7 Å². The zero-order valence-electron chi connectivity index (χ0n) is 10.9. The average molecular weight is 240 g/mol. The molecule has 1 aliphatic rings. The molecule has 1 aliphatic heterocycles. The van der Waals surface area contributed by atoms with Gasteiger partial charge in [-0.3, -0.25) is 9.59 Å². The molecule has 0 aliphatic carbocycles. The average Bonchev–Trinajstić information content (AvgIpc) is 2.68. The van der Waals surface area contributed by atoms with Crippen molar-refractivity contribution in [1.82, 2.24) is 0 Å². The van der Waals surface area contributed by atoms with Gasteiger partial charge in [-0.2, -0.15) is 0 Å². The topological polar surface area (TPSA) is 43.4 Å². The van der Waals surface area contributed by atoms with E-state index in [9.17, 15) is 9.59 Å². The van der Waals surface area contributed by atoms with Crippen LogP contribution in [0.1, 0.15) is 64.7 Å². The molecule has 1 rings (SSSR count). The molecule has 1 fully saturated rings. The standard InChI is InChI=1S/C10H20.C4H4O3/c1-3-5-7-9-10-8-6-4-2;5-3-1-2-4(6)7-3/h3H,1,4-10H2,2H3;1-2H2. The summed E-state index contributed by atoms with van der Waals surface area (Å²) in [5.41, 5.74) is 0. The van der Waals surface area contributed by atoms with E-state index in [-0.39, 0.29) is 12.8 Å². The molecule has 0 radical (unpaired) electrons. The van der Waals surface area contributed by atoms with Crippen molar-refractivity contribution < 1.29 is 14.3 Å². The molecule has 1 heterocycles. The van der Waals surface area contributed by atoms with E-state index in [0.717, 1.165) is 0 Å². The maximum Gasteiger partial charge on any atom is 0.314 e. The van der Waals surface area contributed by atoms with E-state index < -0.39 is 11.9 Å². The predicted octanol–water partition coefficient (Wildman–Crippen LogP) is 3.77. The molecule has 3 heteroatoms. The normalized spacial score (nSPS) is 13.9. The highest BCUT2D eigenvalue weighted by Crippen LogP contribution is 2.06.